The highest BCUT2D eigenvalue weighted by atomic mass is 19.1. The predicted molar refractivity (Wildman–Crippen MR) is 70.2 cm³/mol. The molecular weight excluding hydrogens is 235 g/mol. The molecule has 0 fully saturated rings. The second-order valence-corrected chi connectivity index (χ2v) is 4.94. The van der Waals surface area contributed by atoms with E-state index in [1.807, 2.05) is 6.92 Å². The van der Waals surface area contributed by atoms with Crippen LogP contribution in [0.25, 0.3) is 0 Å². The summed E-state index contributed by atoms with van der Waals surface area (Å²) in [6, 6.07) is 4.11. The standard InChI is InChI=1S/C13H19FN2O2/c1-9(2)4-5-10(3)15-11-6-7-13(16(17)18)12(14)8-11/h6-10,15H,4-5H2,1-3H3. The lowest BCUT2D eigenvalue weighted by Crippen LogP contribution is -2.16. The van der Waals surface area contributed by atoms with Crippen molar-refractivity contribution < 1.29 is 9.31 Å². The zero-order valence-electron chi connectivity index (χ0n) is 10.9. The first-order chi connectivity index (χ1) is 8.40. The maximum Gasteiger partial charge on any atom is 0.304 e. The Bertz CT molecular complexity index is 421. The average molecular weight is 254 g/mol. The summed E-state index contributed by atoms with van der Waals surface area (Å²) in [5.41, 5.74) is 0.0877. The first-order valence-electron chi connectivity index (χ1n) is 6.10. The van der Waals surface area contributed by atoms with Crippen molar-refractivity contribution in [2.24, 2.45) is 5.92 Å². The van der Waals surface area contributed by atoms with Crippen molar-refractivity contribution in [3.8, 4) is 0 Å². The molecule has 0 heterocycles. The summed E-state index contributed by atoms with van der Waals surface area (Å²) in [5.74, 6) is -0.177. The number of nitrogens with zero attached hydrogens (tertiary/aromatic N) is 1. The molecule has 0 amide bonds. The molecule has 100 valence electrons. The number of rotatable bonds is 6. The molecule has 1 aromatic carbocycles. The van der Waals surface area contributed by atoms with Gasteiger partial charge in [-0.1, -0.05) is 13.8 Å². The maximum absolute atomic E-state index is 13.4. The summed E-state index contributed by atoms with van der Waals surface area (Å²) >= 11 is 0. The fraction of sp³-hybridized carbons (Fsp3) is 0.538. The Kier molecular flexibility index (Phi) is 5.07. The van der Waals surface area contributed by atoms with Crippen LogP contribution >= 0.6 is 0 Å². The van der Waals surface area contributed by atoms with E-state index in [2.05, 4.69) is 19.2 Å². The van der Waals surface area contributed by atoms with Crippen LogP contribution in [-0.2, 0) is 0 Å². The Hall–Kier alpha value is -1.65. The molecule has 1 unspecified atom stereocenters. The van der Waals surface area contributed by atoms with Gasteiger partial charge in [-0.3, -0.25) is 10.1 Å². The molecule has 18 heavy (non-hydrogen) atoms. The highest BCUT2D eigenvalue weighted by molar-refractivity contribution is 5.50. The first kappa shape index (κ1) is 14.4. The van der Waals surface area contributed by atoms with Crippen molar-refractivity contribution in [3.05, 3.63) is 34.1 Å². The second kappa shape index (κ2) is 6.33. The number of hydrogen-bond acceptors (Lipinski definition) is 3. The Morgan fingerprint density at radius 2 is 2.00 bits per heavy atom. The molecule has 0 aliphatic carbocycles. The van der Waals surface area contributed by atoms with Gasteiger partial charge in [0, 0.05) is 23.9 Å². The van der Waals surface area contributed by atoms with Crippen LogP contribution in [0.15, 0.2) is 18.2 Å². The van der Waals surface area contributed by atoms with Crippen molar-refractivity contribution in [3.63, 3.8) is 0 Å². The van der Waals surface area contributed by atoms with Gasteiger partial charge >= 0.3 is 5.69 Å². The second-order valence-electron chi connectivity index (χ2n) is 4.94. The minimum atomic E-state index is -0.805. The van der Waals surface area contributed by atoms with Gasteiger partial charge in [0.25, 0.3) is 0 Å². The lowest BCUT2D eigenvalue weighted by atomic mass is 10.0. The molecule has 0 aliphatic rings. The summed E-state index contributed by atoms with van der Waals surface area (Å²) in [7, 11) is 0. The van der Waals surface area contributed by atoms with Crippen molar-refractivity contribution >= 4 is 11.4 Å². The Labute approximate surface area is 106 Å². The van der Waals surface area contributed by atoms with Crippen LogP contribution in [0.2, 0.25) is 0 Å². The number of hydrogen-bond donors (Lipinski definition) is 1. The molecule has 0 spiro atoms. The van der Waals surface area contributed by atoms with E-state index in [1.165, 1.54) is 18.2 Å². The fourth-order valence-corrected chi connectivity index (χ4v) is 1.68. The molecule has 0 radical (unpaired) electrons. The largest absolute Gasteiger partial charge is 0.383 e. The zero-order valence-corrected chi connectivity index (χ0v) is 10.9. The summed E-state index contributed by atoms with van der Waals surface area (Å²) in [5, 5.41) is 13.6. The first-order valence-corrected chi connectivity index (χ1v) is 6.10. The number of nitro benzene ring substituents is 1. The molecule has 0 saturated carbocycles. The van der Waals surface area contributed by atoms with Crippen molar-refractivity contribution in [1.82, 2.24) is 0 Å². The van der Waals surface area contributed by atoms with Crippen molar-refractivity contribution in [2.45, 2.75) is 39.7 Å². The molecule has 1 rings (SSSR count). The van der Waals surface area contributed by atoms with E-state index >= 15 is 0 Å². The Balaban J connectivity index is 2.63. The lowest BCUT2D eigenvalue weighted by molar-refractivity contribution is -0.387. The molecule has 0 aromatic heterocycles. The number of nitrogens with one attached hydrogen (secondary N) is 1. The maximum atomic E-state index is 13.4. The van der Waals surface area contributed by atoms with Gasteiger partial charge in [-0.25, -0.2) is 0 Å². The summed E-state index contributed by atoms with van der Waals surface area (Å²) < 4.78 is 13.4. The number of benzene rings is 1. The average Bonchev–Trinajstić information content (AvgIpc) is 2.26. The van der Waals surface area contributed by atoms with Gasteiger partial charge in [-0.15, -0.1) is 0 Å². The summed E-state index contributed by atoms with van der Waals surface area (Å²) in [6.07, 6.45) is 2.07. The number of halogens is 1. The normalized spacial score (nSPS) is 12.5. The van der Waals surface area contributed by atoms with Crippen LogP contribution in [0, 0.1) is 21.8 Å². The molecule has 1 atom stereocenters. The van der Waals surface area contributed by atoms with Crippen LogP contribution in [0.1, 0.15) is 33.6 Å². The highest BCUT2D eigenvalue weighted by Crippen LogP contribution is 2.22. The van der Waals surface area contributed by atoms with Crippen LogP contribution in [0.4, 0.5) is 15.8 Å². The number of nitro groups is 1. The van der Waals surface area contributed by atoms with E-state index in [1.54, 1.807) is 0 Å². The van der Waals surface area contributed by atoms with E-state index in [9.17, 15) is 14.5 Å². The van der Waals surface area contributed by atoms with Gasteiger partial charge < -0.3 is 5.32 Å². The van der Waals surface area contributed by atoms with E-state index in [0.717, 1.165) is 12.8 Å². The predicted octanol–water partition coefficient (Wildman–Crippen LogP) is 3.97. The molecule has 1 N–H and O–H groups in total. The van der Waals surface area contributed by atoms with Gasteiger partial charge in [0.2, 0.25) is 5.82 Å². The summed E-state index contributed by atoms with van der Waals surface area (Å²) in [4.78, 5) is 9.76. The van der Waals surface area contributed by atoms with E-state index in [0.29, 0.717) is 11.6 Å². The van der Waals surface area contributed by atoms with Gasteiger partial charge in [0.1, 0.15) is 0 Å². The van der Waals surface area contributed by atoms with E-state index in [-0.39, 0.29) is 6.04 Å². The third-order valence-electron chi connectivity index (χ3n) is 2.73. The minimum absolute atomic E-state index is 0.216. The van der Waals surface area contributed by atoms with Gasteiger partial charge in [-0.2, -0.15) is 4.39 Å². The third-order valence-corrected chi connectivity index (χ3v) is 2.73. The van der Waals surface area contributed by atoms with E-state index < -0.39 is 16.4 Å². The quantitative estimate of drug-likeness (QED) is 0.617. The van der Waals surface area contributed by atoms with Crippen LogP contribution in [0.3, 0.4) is 0 Å². The van der Waals surface area contributed by atoms with Gasteiger partial charge in [-0.05, 0) is 31.7 Å². The molecule has 4 nitrogen and oxygen atoms in total. The molecule has 5 heteroatoms. The Morgan fingerprint density at radius 1 is 1.33 bits per heavy atom. The van der Waals surface area contributed by atoms with E-state index in [4.69, 9.17) is 0 Å². The Morgan fingerprint density at radius 3 is 2.50 bits per heavy atom. The monoisotopic (exact) mass is 254 g/mol. The summed E-state index contributed by atoms with van der Waals surface area (Å²) in [6.45, 7) is 6.32. The van der Waals surface area contributed by atoms with Gasteiger partial charge in [0.05, 0.1) is 4.92 Å². The SMILES string of the molecule is CC(C)CCC(C)Nc1ccc([N+](=O)[O-])c(F)c1. The molecular formula is C13H19FN2O2. The lowest BCUT2D eigenvalue weighted by Gasteiger charge is -2.16. The molecule has 1 aromatic rings. The minimum Gasteiger partial charge on any atom is -0.383 e. The van der Waals surface area contributed by atoms with Crippen molar-refractivity contribution in [1.29, 1.82) is 0 Å². The smallest absolute Gasteiger partial charge is 0.304 e. The fourth-order valence-electron chi connectivity index (χ4n) is 1.68. The third kappa shape index (κ3) is 4.31. The molecule has 0 saturated heterocycles. The topological polar surface area (TPSA) is 55.2 Å². The zero-order chi connectivity index (χ0) is 13.7. The van der Waals surface area contributed by atoms with Crippen molar-refractivity contribution in [2.75, 3.05) is 5.32 Å². The van der Waals surface area contributed by atoms with Crippen LogP contribution < -0.4 is 5.32 Å². The highest BCUT2D eigenvalue weighted by Gasteiger charge is 2.14. The molecule has 0 aliphatic heterocycles. The molecule has 0 bridgehead atoms. The van der Waals surface area contributed by atoms with Gasteiger partial charge in [0.15, 0.2) is 0 Å². The van der Waals surface area contributed by atoms with Crippen LogP contribution in [0.5, 0.6) is 0 Å². The number of anilines is 1. The van der Waals surface area contributed by atoms with Crippen LogP contribution in [-0.4, -0.2) is 11.0 Å².